The van der Waals surface area contributed by atoms with Gasteiger partial charge in [-0.15, -0.1) is 11.6 Å². The summed E-state index contributed by atoms with van der Waals surface area (Å²) < 4.78 is 0. The Balaban J connectivity index is 1.44. The van der Waals surface area contributed by atoms with Crippen LogP contribution in [-0.4, -0.2) is 5.38 Å². The van der Waals surface area contributed by atoms with E-state index in [1.54, 1.807) is 11.3 Å². The van der Waals surface area contributed by atoms with Crippen LogP contribution in [0.1, 0.15) is 50.5 Å². The Kier molecular flexibility index (Phi) is 3.19. The molecular weight excluding hydrogens is 272 g/mol. The van der Waals surface area contributed by atoms with Crippen molar-refractivity contribution in [1.29, 1.82) is 0 Å². The third kappa shape index (κ3) is 2.49. The van der Waals surface area contributed by atoms with Crippen LogP contribution in [0.4, 0.5) is 0 Å². The van der Waals surface area contributed by atoms with E-state index in [2.05, 4.69) is 16.8 Å². The van der Waals surface area contributed by atoms with Crippen molar-refractivity contribution in [3.63, 3.8) is 0 Å². The van der Waals surface area contributed by atoms with Crippen LogP contribution < -0.4 is 0 Å². The highest BCUT2D eigenvalue weighted by molar-refractivity contribution is 7.07. The van der Waals surface area contributed by atoms with Gasteiger partial charge in [-0.25, -0.2) is 0 Å². The van der Waals surface area contributed by atoms with Crippen molar-refractivity contribution in [3.05, 3.63) is 22.4 Å². The van der Waals surface area contributed by atoms with E-state index < -0.39 is 0 Å². The monoisotopic (exact) mass is 294 g/mol. The van der Waals surface area contributed by atoms with Gasteiger partial charge < -0.3 is 0 Å². The fraction of sp³-hybridized carbons (Fsp3) is 0.765. The highest BCUT2D eigenvalue weighted by Gasteiger charge is 2.51. The zero-order valence-corrected chi connectivity index (χ0v) is 13.1. The molecule has 1 aromatic rings. The van der Waals surface area contributed by atoms with Crippen molar-refractivity contribution < 1.29 is 0 Å². The second-order valence-corrected chi connectivity index (χ2v) is 8.95. The van der Waals surface area contributed by atoms with Crippen LogP contribution in [0.5, 0.6) is 0 Å². The Morgan fingerprint density at radius 3 is 2.32 bits per heavy atom. The maximum absolute atomic E-state index is 6.71. The summed E-state index contributed by atoms with van der Waals surface area (Å²) in [7, 11) is 0. The highest BCUT2D eigenvalue weighted by atomic mass is 35.5. The summed E-state index contributed by atoms with van der Waals surface area (Å²) >= 11 is 8.51. The standard InChI is InChI=1S/C17H23ClS/c18-16(6-12-1-2-19-11-12)10-17-7-13-3-14(8-17)5-15(4-13)9-17/h1-2,11,13-16H,3-10H2. The fourth-order valence-corrected chi connectivity index (χ4v) is 6.93. The minimum atomic E-state index is 0.353. The molecule has 0 nitrogen and oxygen atoms in total. The number of rotatable bonds is 4. The molecule has 4 fully saturated rings. The van der Waals surface area contributed by atoms with E-state index in [4.69, 9.17) is 11.6 Å². The summed E-state index contributed by atoms with van der Waals surface area (Å²) in [5.74, 6) is 3.16. The molecule has 1 unspecified atom stereocenters. The fourth-order valence-electron chi connectivity index (χ4n) is 5.75. The summed E-state index contributed by atoms with van der Waals surface area (Å²) in [6.45, 7) is 0. The molecule has 4 saturated carbocycles. The van der Waals surface area contributed by atoms with Crippen molar-refractivity contribution in [2.45, 2.75) is 56.7 Å². The average molecular weight is 295 g/mol. The van der Waals surface area contributed by atoms with Gasteiger partial charge in [0, 0.05) is 5.38 Å². The molecule has 1 aromatic heterocycles. The van der Waals surface area contributed by atoms with Gasteiger partial charge in [0.05, 0.1) is 0 Å². The van der Waals surface area contributed by atoms with Crippen molar-refractivity contribution in [2.24, 2.45) is 23.2 Å². The quantitative estimate of drug-likeness (QED) is 0.643. The van der Waals surface area contributed by atoms with Crippen molar-refractivity contribution in [2.75, 3.05) is 0 Å². The van der Waals surface area contributed by atoms with Crippen molar-refractivity contribution in [1.82, 2.24) is 0 Å². The molecule has 2 heteroatoms. The molecule has 0 saturated heterocycles. The van der Waals surface area contributed by atoms with Crippen LogP contribution in [-0.2, 0) is 6.42 Å². The van der Waals surface area contributed by atoms with E-state index in [-0.39, 0.29) is 0 Å². The largest absolute Gasteiger partial charge is 0.152 e. The first-order valence-corrected chi connectivity index (χ1v) is 9.24. The summed E-state index contributed by atoms with van der Waals surface area (Å²) in [5, 5.41) is 4.78. The molecule has 4 aliphatic rings. The minimum Gasteiger partial charge on any atom is -0.152 e. The van der Waals surface area contributed by atoms with Gasteiger partial charge in [0.25, 0.3) is 0 Å². The highest BCUT2D eigenvalue weighted by Crippen LogP contribution is 2.61. The lowest BCUT2D eigenvalue weighted by molar-refractivity contribution is -0.0574. The molecule has 0 aromatic carbocycles. The molecule has 0 spiro atoms. The molecule has 19 heavy (non-hydrogen) atoms. The Morgan fingerprint density at radius 2 is 1.79 bits per heavy atom. The Labute approximate surface area is 125 Å². The van der Waals surface area contributed by atoms with Crippen LogP contribution in [0.25, 0.3) is 0 Å². The smallest absolute Gasteiger partial charge is 0.0382 e. The number of hydrogen-bond donors (Lipinski definition) is 0. The molecule has 4 aliphatic carbocycles. The van der Waals surface area contributed by atoms with Gasteiger partial charge in [-0.1, -0.05) is 0 Å². The zero-order chi connectivity index (χ0) is 12.9. The maximum atomic E-state index is 6.71. The number of hydrogen-bond acceptors (Lipinski definition) is 1. The summed E-state index contributed by atoms with van der Waals surface area (Å²) in [6.07, 6.45) is 11.4. The second kappa shape index (κ2) is 4.77. The molecular formula is C17H23ClS. The molecule has 5 rings (SSSR count). The van der Waals surface area contributed by atoms with Crippen molar-refractivity contribution in [3.8, 4) is 0 Å². The molecule has 1 atom stereocenters. The third-order valence-electron chi connectivity index (χ3n) is 5.86. The molecule has 1 heterocycles. The van der Waals surface area contributed by atoms with Gasteiger partial charge in [0.15, 0.2) is 0 Å². The van der Waals surface area contributed by atoms with Crippen molar-refractivity contribution >= 4 is 22.9 Å². The number of thiophene rings is 1. The van der Waals surface area contributed by atoms with Gasteiger partial charge in [-0.2, -0.15) is 11.3 Å². The van der Waals surface area contributed by atoms with Gasteiger partial charge in [0.1, 0.15) is 0 Å². The van der Waals surface area contributed by atoms with Crippen LogP contribution in [0, 0.1) is 23.2 Å². The first-order chi connectivity index (χ1) is 9.21. The third-order valence-corrected chi connectivity index (χ3v) is 6.90. The van der Waals surface area contributed by atoms with E-state index in [0.29, 0.717) is 10.8 Å². The molecule has 4 bridgehead atoms. The lowest BCUT2D eigenvalue weighted by atomic mass is 9.48. The van der Waals surface area contributed by atoms with Crippen LogP contribution >= 0.6 is 22.9 Å². The van der Waals surface area contributed by atoms with Gasteiger partial charge >= 0.3 is 0 Å². The molecule has 0 N–H and O–H groups in total. The molecule has 0 aliphatic heterocycles. The van der Waals surface area contributed by atoms with E-state index in [9.17, 15) is 0 Å². The predicted molar refractivity (Wildman–Crippen MR) is 82.9 cm³/mol. The molecule has 104 valence electrons. The average Bonchev–Trinajstić information content (AvgIpc) is 2.78. The first-order valence-electron chi connectivity index (χ1n) is 7.86. The first kappa shape index (κ1) is 12.7. The van der Waals surface area contributed by atoms with Crippen LogP contribution in [0.2, 0.25) is 0 Å². The predicted octanol–water partition coefficient (Wildman–Crippen LogP) is 5.50. The summed E-state index contributed by atoms with van der Waals surface area (Å²) in [5.41, 5.74) is 2.08. The lowest BCUT2D eigenvalue weighted by Gasteiger charge is -2.57. The number of halogens is 1. The topological polar surface area (TPSA) is 0 Å². The number of alkyl halides is 1. The Hall–Kier alpha value is -0.0100. The van der Waals surface area contributed by atoms with E-state index in [0.717, 1.165) is 24.2 Å². The zero-order valence-electron chi connectivity index (χ0n) is 11.5. The molecule has 0 radical (unpaired) electrons. The molecule has 0 amide bonds. The summed E-state index contributed by atoms with van der Waals surface area (Å²) in [4.78, 5) is 0. The van der Waals surface area contributed by atoms with E-state index in [1.165, 1.54) is 50.5 Å². The van der Waals surface area contributed by atoms with Gasteiger partial charge in [0.2, 0.25) is 0 Å². The van der Waals surface area contributed by atoms with Gasteiger partial charge in [-0.3, -0.25) is 0 Å². The van der Waals surface area contributed by atoms with Crippen LogP contribution in [0.3, 0.4) is 0 Å². The Bertz CT molecular complexity index is 401. The maximum Gasteiger partial charge on any atom is 0.0382 e. The van der Waals surface area contributed by atoms with E-state index >= 15 is 0 Å². The Morgan fingerprint density at radius 1 is 1.16 bits per heavy atom. The summed E-state index contributed by atoms with van der Waals surface area (Å²) in [6, 6.07) is 2.24. The van der Waals surface area contributed by atoms with Gasteiger partial charge in [-0.05, 0) is 96.9 Å². The van der Waals surface area contributed by atoms with E-state index in [1.807, 2.05) is 0 Å². The normalized spacial score (nSPS) is 41.6. The minimum absolute atomic E-state index is 0.353. The second-order valence-electron chi connectivity index (χ2n) is 7.55. The van der Waals surface area contributed by atoms with Crippen LogP contribution in [0.15, 0.2) is 16.8 Å². The lowest BCUT2D eigenvalue weighted by Crippen LogP contribution is -2.47. The SMILES string of the molecule is ClC(Cc1ccsc1)CC12CC3CC(CC(C3)C1)C2.